The lowest BCUT2D eigenvalue weighted by Gasteiger charge is -2.22. The molecule has 1 heterocycles. The molecule has 1 N–H and O–H groups in total. The Morgan fingerprint density at radius 2 is 2.25 bits per heavy atom. The van der Waals surface area contributed by atoms with Gasteiger partial charge in [0.1, 0.15) is 0 Å². The molecule has 0 bridgehead atoms. The molecule has 0 saturated carbocycles. The van der Waals surface area contributed by atoms with Gasteiger partial charge in [-0.2, -0.15) is 12.6 Å². The topological polar surface area (TPSA) is 12.0 Å². The smallest absolute Gasteiger partial charge is 0.0826 e. The van der Waals surface area contributed by atoms with Crippen molar-refractivity contribution in [1.29, 1.82) is 0 Å². The fraction of sp³-hybridized carbons (Fsp3) is 1.00. The van der Waals surface area contributed by atoms with Crippen LogP contribution in [0.4, 0.5) is 0 Å². The average molecular weight is 152 g/mol. The molecule has 1 aliphatic rings. The van der Waals surface area contributed by atoms with E-state index >= 15 is 0 Å². The molecule has 1 saturated heterocycles. The van der Waals surface area contributed by atoms with E-state index in [1.165, 1.54) is 0 Å². The minimum Gasteiger partial charge on any atom is -0.300 e. The zero-order valence-electron chi connectivity index (χ0n) is 4.60. The van der Waals surface area contributed by atoms with Crippen LogP contribution in [0, 0.1) is 0 Å². The fourth-order valence-corrected chi connectivity index (χ4v) is 1.28. The highest BCUT2D eigenvalue weighted by Gasteiger charge is 2.14. The van der Waals surface area contributed by atoms with Crippen LogP contribution in [0.25, 0.3) is 0 Å². The quantitative estimate of drug-likeness (QED) is 0.302. The van der Waals surface area contributed by atoms with Crippen molar-refractivity contribution in [3.63, 3.8) is 0 Å². The van der Waals surface area contributed by atoms with Gasteiger partial charge in [0.2, 0.25) is 0 Å². The van der Waals surface area contributed by atoms with Crippen LogP contribution in [0.2, 0.25) is 0 Å². The van der Waals surface area contributed by atoms with E-state index in [2.05, 4.69) is 17.9 Å². The van der Waals surface area contributed by atoms with Gasteiger partial charge in [-0.05, 0) is 12.8 Å². The van der Waals surface area contributed by atoms with E-state index in [1.54, 1.807) is 0 Å². The highest BCUT2D eigenvalue weighted by Crippen LogP contribution is 2.14. The maximum atomic E-state index is 5.74. The minimum absolute atomic E-state index is 0.193. The first-order chi connectivity index (χ1) is 3.79. The van der Waals surface area contributed by atoms with Crippen molar-refractivity contribution in [2.45, 2.75) is 23.6 Å². The molecular weight excluding hydrogens is 142 g/mol. The van der Waals surface area contributed by atoms with E-state index in [9.17, 15) is 0 Å². The van der Waals surface area contributed by atoms with Gasteiger partial charge in [-0.15, -0.1) is 11.6 Å². The second-order valence-electron chi connectivity index (χ2n) is 2.11. The maximum absolute atomic E-state index is 5.74. The molecule has 0 aromatic rings. The zero-order chi connectivity index (χ0) is 5.98. The molecule has 0 aromatic carbocycles. The second kappa shape index (κ2) is 2.95. The summed E-state index contributed by atoms with van der Waals surface area (Å²) in [6.45, 7) is 0.956. The number of hydrogen-bond acceptors (Lipinski definition) is 2. The van der Waals surface area contributed by atoms with Gasteiger partial charge in [-0.3, -0.25) is 0 Å². The van der Waals surface area contributed by atoms with E-state index in [4.69, 9.17) is 11.6 Å². The Hall–Kier alpha value is 0.600. The van der Waals surface area contributed by atoms with Crippen LogP contribution in [0.5, 0.6) is 0 Å². The molecule has 1 nitrogen and oxygen atoms in total. The third kappa shape index (κ3) is 1.84. The number of halogens is 1. The standard InChI is InChI=1S/C5H10ClNS/c6-5-2-1-4(8)3-7-5/h4-5,7-8H,1-3H2. The van der Waals surface area contributed by atoms with Crippen molar-refractivity contribution in [3.8, 4) is 0 Å². The Morgan fingerprint density at radius 1 is 1.50 bits per heavy atom. The number of nitrogens with one attached hydrogen (secondary N) is 1. The van der Waals surface area contributed by atoms with Gasteiger partial charge >= 0.3 is 0 Å². The van der Waals surface area contributed by atoms with Crippen molar-refractivity contribution in [3.05, 3.63) is 0 Å². The van der Waals surface area contributed by atoms with Crippen molar-refractivity contribution < 1.29 is 0 Å². The molecule has 2 unspecified atom stereocenters. The molecule has 8 heavy (non-hydrogen) atoms. The number of piperidine rings is 1. The van der Waals surface area contributed by atoms with Crippen LogP contribution in [-0.2, 0) is 0 Å². The number of hydrogen-bond donors (Lipinski definition) is 2. The van der Waals surface area contributed by atoms with Crippen LogP contribution >= 0.6 is 24.2 Å². The van der Waals surface area contributed by atoms with E-state index in [-0.39, 0.29) is 5.50 Å². The van der Waals surface area contributed by atoms with E-state index in [0.29, 0.717) is 5.25 Å². The molecule has 0 radical (unpaired) electrons. The van der Waals surface area contributed by atoms with Gasteiger partial charge in [-0.25, -0.2) is 0 Å². The summed E-state index contributed by atoms with van der Waals surface area (Å²) in [6.07, 6.45) is 2.19. The summed E-state index contributed by atoms with van der Waals surface area (Å²) in [4.78, 5) is 0. The lowest BCUT2D eigenvalue weighted by Crippen LogP contribution is -2.35. The Labute approximate surface area is 60.2 Å². The van der Waals surface area contributed by atoms with Crippen LogP contribution < -0.4 is 5.32 Å². The largest absolute Gasteiger partial charge is 0.300 e. The molecule has 48 valence electrons. The molecule has 0 aliphatic carbocycles. The van der Waals surface area contributed by atoms with Crippen molar-refractivity contribution >= 4 is 24.2 Å². The number of thiol groups is 1. The lowest BCUT2D eigenvalue weighted by molar-refractivity contribution is 0.497. The van der Waals surface area contributed by atoms with E-state index < -0.39 is 0 Å². The lowest BCUT2D eigenvalue weighted by atomic mass is 10.2. The van der Waals surface area contributed by atoms with Crippen molar-refractivity contribution in [2.24, 2.45) is 0 Å². The Morgan fingerprint density at radius 3 is 2.62 bits per heavy atom. The van der Waals surface area contributed by atoms with Crippen LogP contribution in [-0.4, -0.2) is 17.3 Å². The van der Waals surface area contributed by atoms with Crippen LogP contribution in [0.3, 0.4) is 0 Å². The summed E-state index contributed by atoms with van der Waals surface area (Å²) in [5, 5.41) is 3.64. The molecule has 1 rings (SSSR count). The van der Waals surface area contributed by atoms with Gasteiger partial charge in [-0.1, -0.05) is 0 Å². The monoisotopic (exact) mass is 151 g/mol. The summed E-state index contributed by atoms with van der Waals surface area (Å²) in [5.74, 6) is 0. The summed E-state index contributed by atoms with van der Waals surface area (Å²) in [7, 11) is 0. The predicted octanol–water partition coefficient (Wildman–Crippen LogP) is 1.23. The summed E-state index contributed by atoms with van der Waals surface area (Å²) in [6, 6.07) is 0. The molecule has 0 amide bonds. The Kier molecular flexibility index (Phi) is 2.47. The van der Waals surface area contributed by atoms with Crippen molar-refractivity contribution in [2.75, 3.05) is 6.54 Å². The van der Waals surface area contributed by atoms with Crippen LogP contribution in [0.1, 0.15) is 12.8 Å². The third-order valence-corrected chi connectivity index (χ3v) is 2.14. The zero-order valence-corrected chi connectivity index (χ0v) is 6.25. The number of alkyl halides is 1. The Bertz CT molecular complexity index is 60.8. The molecule has 2 atom stereocenters. The van der Waals surface area contributed by atoms with Crippen LogP contribution in [0.15, 0.2) is 0 Å². The maximum Gasteiger partial charge on any atom is 0.0826 e. The summed E-state index contributed by atoms with van der Waals surface area (Å²) < 4.78 is 0. The van der Waals surface area contributed by atoms with Gasteiger partial charge in [0.15, 0.2) is 0 Å². The van der Waals surface area contributed by atoms with Crippen molar-refractivity contribution in [1.82, 2.24) is 5.32 Å². The highest BCUT2D eigenvalue weighted by molar-refractivity contribution is 7.81. The molecule has 0 spiro atoms. The molecular formula is C5H10ClNS. The SMILES string of the molecule is SC1CCC(Cl)NC1. The second-order valence-corrected chi connectivity index (χ2v) is 3.36. The van der Waals surface area contributed by atoms with E-state index in [0.717, 1.165) is 19.4 Å². The molecule has 3 heteroatoms. The predicted molar refractivity (Wildman–Crippen MR) is 39.7 cm³/mol. The first-order valence-corrected chi connectivity index (χ1v) is 3.80. The van der Waals surface area contributed by atoms with Gasteiger partial charge in [0, 0.05) is 11.8 Å². The first kappa shape index (κ1) is 6.72. The fourth-order valence-electron chi connectivity index (χ4n) is 0.807. The summed E-state index contributed by atoms with van der Waals surface area (Å²) >= 11 is 10.0. The molecule has 1 fully saturated rings. The van der Waals surface area contributed by atoms with E-state index in [1.807, 2.05) is 0 Å². The van der Waals surface area contributed by atoms with Gasteiger partial charge in [0.25, 0.3) is 0 Å². The third-order valence-electron chi connectivity index (χ3n) is 1.33. The van der Waals surface area contributed by atoms with Gasteiger partial charge in [0.05, 0.1) is 5.50 Å². The minimum atomic E-state index is 0.193. The Balaban J connectivity index is 2.19. The summed E-state index contributed by atoms with van der Waals surface area (Å²) in [5.41, 5.74) is 0.193. The highest BCUT2D eigenvalue weighted by atomic mass is 35.5. The first-order valence-electron chi connectivity index (χ1n) is 2.84. The van der Waals surface area contributed by atoms with Gasteiger partial charge < -0.3 is 5.32 Å². The molecule has 1 aliphatic heterocycles. The molecule has 0 aromatic heterocycles. The number of rotatable bonds is 0. The normalized spacial score (nSPS) is 39.8. The average Bonchev–Trinajstić information content (AvgIpc) is 1.77.